The van der Waals surface area contributed by atoms with E-state index in [1.54, 1.807) is 32.6 Å². The summed E-state index contributed by atoms with van der Waals surface area (Å²) in [6, 6.07) is 5.28. The fraction of sp³-hybridized carbons (Fsp3) is 0.455. The molecule has 0 fully saturated rings. The molecule has 0 spiro atoms. The molecule has 2 N–H and O–H groups in total. The van der Waals surface area contributed by atoms with Crippen molar-refractivity contribution in [3.63, 3.8) is 0 Å². The van der Waals surface area contributed by atoms with Crippen LogP contribution in [0.1, 0.15) is 43.6 Å². The number of nitrogen functional groups attached to an aromatic ring is 1. The van der Waals surface area contributed by atoms with Crippen molar-refractivity contribution >= 4 is 17.6 Å². The van der Waals surface area contributed by atoms with Crippen LogP contribution in [0.15, 0.2) is 33.9 Å². The van der Waals surface area contributed by atoms with E-state index in [0.717, 1.165) is 9.13 Å². The zero-order chi connectivity index (χ0) is 24.0. The molecule has 2 aromatic rings. The van der Waals surface area contributed by atoms with Crippen molar-refractivity contribution in [1.29, 1.82) is 0 Å². The lowest BCUT2D eigenvalue weighted by atomic mass is 10.1. The molecule has 0 radical (unpaired) electrons. The van der Waals surface area contributed by atoms with Crippen LogP contribution in [0.2, 0.25) is 0 Å². The highest BCUT2D eigenvalue weighted by atomic mass is 19.1. The summed E-state index contributed by atoms with van der Waals surface area (Å²) < 4.78 is 20.2. The number of carbonyl (C=O) groups excluding carboxylic acids is 2. The largest absolute Gasteiger partial charge is 0.465 e. The molecular weight excluding hydrogens is 419 g/mol. The van der Waals surface area contributed by atoms with Gasteiger partial charge in [0.1, 0.15) is 17.2 Å². The van der Waals surface area contributed by atoms with Crippen LogP contribution in [0.5, 0.6) is 0 Å². The summed E-state index contributed by atoms with van der Waals surface area (Å²) >= 11 is 0. The van der Waals surface area contributed by atoms with Gasteiger partial charge in [-0.3, -0.25) is 28.4 Å². The van der Waals surface area contributed by atoms with Gasteiger partial charge in [0.2, 0.25) is 0 Å². The summed E-state index contributed by atoms with van der Waals surface area (Å²) in [6.45, 7) is 6.72. The number of ketones is 1. The number of esters is 1. The van der Waals surface area contributed by atoms with Crippen molar-refractivity contribution in [3.05, 3.63) is 62.0 Å². The molecule has 0 amide bonds. The van der Waals surface area contributed by atoms with Crippen molar-refractivity contribution in [2.24, 2.45) is 0 Å². The molecule has 10 heteroatoms. The first-order valence-corrected chi connectivity index (χ1v) is 10.4. The number of hydrogen-bond acceptors (Lipinski definition) is 7. The number of rotatable bonds is 10. The van der Waals surface area contributed by atoms with Gasteiger partial charge in [-0.25, -0.2) is 9.18 Å². The third-order valence-corrected chi connectivity index (χ3v) is 5.03. The van der Waals surface area contributed by atoms with E-state index >= 15 is 0 Å². The molecule has 9 nitrogen and oxygen atoms in total. The lowest BCUT2D eigenvalue weighted by Gasteiger charge is -2.25. The van der Waals surface area contributed by atoms with E-state index in [4.69, 9.17) is 10.5 Å². The SMILES string of the molecule is CCOC(=O)CN(CC(=O)c1c(N)n(Cc2ccc(F)cc2)c(=O)n(CC)c1=O)C(C)C. The van der Waals surface area contributed by atoms with Gasteiger partial charge in [0.05, 0.1) is 26.2 Å². The zero-order valence-corrected chi connectivity index (χ0v) is 18.8. The van der Waals surface area contributed by atoms with E-state index in [2.05, 4.69) is 0 Å². The Balaban J connectivity index is 2.48. The Morgan fingerprint density at radius 3 is 2.25 bits per heavy atom. The first-order chi connectivity index (χ1) is 15.1. The summed E-state index contributed by atoms with van der Waals surface area (Å²) in [5.74, 6) is -1.80. The minimum absolute atomic E-state index is 0.0395. The van der Waals surface area contributed by atoms with E-state index in [-0.39, 0.29) is 50.2 Å². The zero-order valence-electron chi connectivity index (χ0n) is 18.8. The van der Waals surface area contributed by atoms with Gasteiger partial charge in [0.15, 0.2) is 5.78 Å². The van der Waals surface area contributed by atoms with Crippen LogP contribution in [0, 0.1) is 5.82 Å². The minimum atomic E-state index is -0.782. The Morgan fingerprint density at radius 1 is 1.09 bits per heavy atom. The van der Waals surface area contributed by atoms with Crippen LogP contribution in [0.3, 0.4) is 0 Å². The standard InChI is InChI=1S/C22H29FN4O5/c1-5-26-21(30)19(17(28)12-25(14(3)4)13-18(29)32-6-2)20(24)27(22(26)31)11-15-7-9-16(23)10-8-15/h7-10,14H,5-6,11-13,24H2,1-4H3. The van der Waals surface area contributed by atoms with Crippen LogP contribution >= 0.6 is 0 Å². The highest BCUT2D eigenvalue weighted by Gasteiger charge is 2.26. The molecule has 174 valence electrons. The monoisotopic (exact) mass is 448 g/mol. The fourth-order valence-corrected chi connectivity index (χ4v) is 3.24. The van der Waals surface area contributed by atoms with Crippen molar-refractivity contribution < 1.29 is 18.7 Å². The third-order valence-electron chi connectivity index (χ3n) is 5.03. The number of benzene rings is 1. The van der Waals surface area contributed by atoms with Crippen molar-refractivity contribution in [3.8, 4) is 0 Å². The van der Waals surface area contributed by atoms with Gasteiger partial charge in [-0.05, 0) is 45.4 Å². The molecule has 0 unspecified atom stereocenters. The van der Waals surface area contributed by atoms with Gasteiger partial charge in [-0.1, -0.05) is 12.1 Å². The Kier molecular flexibility index (Phi) is 8.48. The molecule has 0 saturated heterocycles. The maximum absolute atomic E-state index is 13.2. The molecule has 1 aromatic heterocycles. The molecule has 1 heterocycles. The number of anilines is 1. The average Bonchev–Trinajstić information content (AvgIpc) is 2.72. The van der Waals surface area contributed by atoms with Crippen molar-refractivity contribution in [2.45, 2.75) is 46.8 Å². The van der Waals surface area contributed by atoms with Crippen molar-refractivity contribution in [2.75, 3.05) is 25.4 Å². The lowest BCUT2D eigenvalue weighted by molar-refractivity contribution is -0.144. The molecule has 1 aromatic carbocycles. The Morgan fingerprint density at radius 2 is 1.72 bits per heavy atom. The maximum Gasteiger partial charge on any atom is 0.332 e. The van der Waals surface area contributed by atoms with Crippen LogP contribution in [-0.4, -0.2) is 51.5 Å². The first-order valence-electron chi connectivity index (χ1n) is 10.4. The normalized spacial score (nSPS) is 11.2. The van der Waals surface area contributed by atoms with E-state index in [1.165, 1.54) is 24.3 Å². The fourth-order valence-electron chi connectivity index (χ4n) is 3.24. The quantitative estimate of drug-likeness (QED) is 0.430. The highest BCUT2D eigenvalue weighted by molar-refractivity contribution is 6.01. The van der Waals surface area contributed by atoms with Crippen LogP contribution < -0.4 is 17.0 Å². The van der Waals surface area contributed by atoms with E-state index in [1.807, 2.05) is 0 Å². The number of Topliss-reactive ketones (excluding diaryl/α,β-unsaturated/α-hetero) is 1. The smallest absolute Gasteiger partial charge is 0.332 e. The Labute approximate surface area is 185 Å². The lowest BCUT2D eigenvalue weighted by Crippen LogP contribution is -2.46. The number of halogens is 1. The molecular formula is C22H29FN4O5. The number of ether oxygens (including phenoxy) is 1. The second-order valence-electron chi connectivity index (χ2n) is 7.53. The summed E-state index contributed by atoms with van der Waals surface area (Å²) in [5, 5.41) is 0. The number of carbonyl (C=O) groups is 2. The van der Waals surface area contributed by atoms with Gasteiger partial charge < -0.3 is 10.5 Å². The Hall–Kier alpha value is -3.27. The highest BCUT2D eigenvalue weighted by Crippen LogP contribution is 2.12. The van der Waals surface area contributed by atoms with Crippen molar-refractivity contribution in [1.82, 2.24) is 14.0 Å². The minimum Gasteiger partial charge on any atom is -0.465 e. The van der Waals surface area contributed by atoms with E-state index in [9.17, 15) is 23.6 Å². The predicted molar refractivity (Wildman–Crippen MR) is 118 cm³/mol. The van der Waals surface area contributed by atoms with Crippen LogP contribution in [0.4, 0.5) is 10.2 Å². The van der Waals surface area contributed by atoms with Gasteiger partial charge in [-0.2, -0.15) is 0 Å². The second-order valence-corrected chi connectivity index (χ2v) is 7.53. The molecule has 0 aliphatic rings. The summed E-state index contributed by atoms with van der Waals surface area (Å²) in [5.41, 5.74) is 4.95. The molecule has 0 aliphatic heterocycles. The summed E-state index contributed by atoms with van der Waals surface area (Å²) in [4.78, 5) is 52.3. The molecule has 0 saturated carbocycles. The predicted octanol–water partition coefficient (Wildman–Crippen LogP) is 1.26. The Bertz CT molecular complexity index is 1090. The number of aromatic nitrogens is 2. The number of hydrogen-bond donors (Lipinski definition) is 1. The van der Waals surface area contributed by atoms with Gasteiger partial charge in [-0.15, -0.1) is 0 Å². The summed E-state index contributed by atoms with van der Waals surface area (Å²) in [6.07, 6.45) is 0. The van der Waals surface area contributed by atoms with E-state index in [0.29, 0.717) is 5.56 Å². The average molecular weight is 448 g/mol. The van der Waals surface area contributed by atoms with Gasteiger partial charge in [0, 0.05) is 12.6 Å². The molecule has 0 bridgehead atoms. The van der Waals surface area contributed by atoms with Gasteiger partial charge >= 0.3 is 11.7 Å². The third kappa shape index (κ3) is 5.70. The first kappa shape index (κ1) is 25.0. The van der Waals surface area contributed by atoms with Gasteiger partial charge in [0.25, 0.3) is 5.56 Å². The molecule has 0 aliphatic carbocycles. The molecule has 2 rings (SSSR count). The number of nitrogens with two attached hydrogens (primary N) is 1. The molecule has 0 atom stereocenters. The summed E-state index contributed by atoms with van der Waals surface area (Å²) in [7, 11) is 0. The topological polar surface area (TPSA) is 117 Å². The van der Waals surface area contributed by atoms with E-state index < -0.39 is 28.8 Å². The maximum atomic E-state index is 13.2. The number of nitrogens with zero attached hydrogens (tertiary/aromatic N) is 3. The molecule has 32 heavy (non-hydrogen) atoms. The second kappa shape index (κ2) is 10.9. The van der Waals surface area contributed by atoms with Crippen LogP contribution in [0.25, 0.3) is 0 Å². The van der Waals surface area contributed by atoms with Crippen LogP contribution in [-0.2, 0) is 22.6 Å².